The first-order chi connectivity index (χ1) is 14.8. The van der Waals surface area contributed by atoms with Gasteiger partial charge in [0.15, 0.2) is 17.2 Å². The predicted octanol–water partition coefficient (Wildman–Crippen LogP) is 6.35. The number of hydrogen-bond donors (Lipinski definition) is 0. The maximum atomic E-state index is 13.8. The third-order valence-corrected chi connectivity index (χ3v) is 5.56. The van der Waals surface area contributed by atoms with Gasteiger partial charge in [-0.3, -0.25) is 0 Å². The van der Waals surface area contributed by atoms with E-state index in [0.29, 0.717) is 27.8 Å². The highest BCUT2D eigenvalue weighted by atomic mass is 35.5. The van der Waals surface area contributed by atoms with Gasteiger partial charge in [-0.1, -0.05) is 23.7 Å². The molecule has 0 aliphatic carbocycles. The molecule has 4 aromatic rings. The molecule has 0 saturated heterocycles. The Labute approximate surface area is 184 Å². The Morgan fingerprint density at radius 3 is 2.23 bits per heavy atom. The van der Waals surface area contributed by atoms with Gasteiger partial charge < -0.3 is 9.47 Å². The number of ether oxygens (including phenoxy) is 2. The molecule has 31 heavy (non-hydrogen) atoms. The summed E-state index contributed by atoms with van der Waals surface area (Å²) in [7, 11) is 2.93. The van der Waals surface area contributed by atoms with Gasteiger partial charge in [0.1, 0.15) is 0 Å². The van der Waals surface area contributed by atoms with E-state index in [1.165, 1.54) is 14.2 Å². The fourth-order valence-electron chi connectivity index (χ4n) is 2.98. The summed E-state index contributed by atoms with van der Waals surface area (Å²) >= 11 is 6.96. The molecular weight excluding hydrogens is 451 g/mol. The number of alkyl halides is 3. The monoisotopic (exact) mass is 465 g/mol. The molecule has 0 spiro atoms. The second-order valence-corrected chi connectivity index (χ2v) is 7.69. The molecule has 0 amide bonds. The normalized spacial score (nSPS) is 11.5. The minimum Gasteiger partial charge on any atom is -0.493 e. The number of benzene rings is 2. The summed E-state index contributed by atoms with van der Waals surface area (Å²) in [5.74, 6) is 0.858. The van der Waals surface area contributed by atoms with E-state index in [4.69, 9.17) is 21.1 Å². The Balaban J connectivity index is 1.79. The van der Waals surface area contributed by atoms with Gasteiger partial charge in [-0.05, 0) is 36.4 Å². The van der Waals surface area contributed by atoms with E-state index in [1.807, 2.05) is 0 Å². The van der Waals surface area contributed by atoms with Crippen molar-refractivity contribution < 1.29 is 22.6 Å². The Hall–Kier alpha value is -3.04. The second-order valence-electron chi connectivity index (χ2n) is 6.42. The zero-order chi connectivity index (χ0) is 22.2. The third kappa shape index (κ3) is 4.24. The fraction of sp³-hybridized carbons (Fsp3) is 0.143. The minimum absolute atomic E-state index is 0.101. The Kier molecular flexibility index (Phi) is 5.63. The van der Waals surface area contributed by atoms with Crippen molar-refractivity contribution in [1.29, 1.82) is 0 Å². The van der Waals surface area contributed by atoms with Crippen molar-refractivity contribution in [3.05, 3.63) is 64.6 Å². The van der Waals surface area contributed by atoms with E-state index < -0.39 is 11.9 Å². The van der Waals surface area contributed by atoms with Gasteiger partial charge in [0.25, 0.3) is 0 Å². The average Bonchev–Trinajstić information content (AvgIpc) is 3.41. The first-order valence-electron chi connectivity index (χ1n) is 8.91. The molecule has 2 aromatic heterocycles. The number of nitrogens with zero attached hydrogens (tertiary/aromatic N) is 3. The van der Waals surface area contributed by atoms with Gasteiger partial charge in [-0.15, -0.1) is 11.3 Å². The fourth-order valence-corrected chi connectivity index (χ4v) is 3.90. The standard InChI is InChI=1S/C21H15ClF3N3O2S/c1-29-17-8-5-13(9-18(17)30-2)15-10-19(21(23,24)25)28(27-15)20-26-16(11-31-20)12-3-6-14(22)7-4-12/h3-11H,1-2H3. The molecule has 4 rings (SSSR count). The van der Waals surface area contributed by atoms with Crippen molar-refractivity contribution in [2.75, 3.05) is 14.2 Å². The van der Waals surface area contributed by atoms with E-state index in [2.05, 4.69) is 10.1 Å². The van der Waals surface area contributed by atoms with Crippen molar-refractivity contribution in [3.63, 3.8) is 0 Å². The van der Waals surface area contributed by atoms with Crippen molar-refractivity contribution in [2.45, 2.75) is 6.18 Å². The largest absolute Gasteiger partial charge is 0.493 e. The van der Waals surface area contributed by atoms with Gasteiger partial charge in [0, 0.05) is 21.5 Å². The van der Waals surface area contributed by atoms with E-state index in [0.717, 1.165) is 27.6 Å². The van der Waals surface area contributed by atoms with Crippen LogP contribution in [0.5, 0.6) is 11.5 Å². The Morgan fingerprint density at radius 2 is 1.58 bits per heavy atom. The van der Waals surface area contributed by atoms with Gasteiger partial charge in [-0.25, -0.2) is 9.67 Å². The Morgan fingerprint density at radius 1 is 0.903 bits per heavy atom. The first kappa shape index (κ1) is 21.2. The van der Waals surface area contributed by atoms with Crippen LogP contribution >= 0.6 is 22.9 Å². The van der Waals surface area contributed by atoms with E-state index in [1.54, 1.807) is 47.8 Å². The molecule has 0 N–H and O–H groups in total. The van der Waals surface area contributed by atoms with Crippen LogP contribution in [0.4, 0.5) is 13.2 Å². The summed E-state index contributed by atoms with van der Waals surface area (Å²) < 4.78 is 52.5. The number of thiazole rings is 1. The smallest absolute Gasteiger partial charge is 0.433 e. The summed E-state index contributed by atoms with van der Waals surface area (Å²) in [5, 5.41) is 6.53. The summed E-state index contributed by atoms with van der Waals surface area (Å²) in [6.45, 7) is 0. The lowest BCUT2D eigenvalue weighted by Crippen LogP contribution is -2.13. The zero-order valence-corrected chi connectivity index (χ0v) is 17.8. The molecular formula is C21H15ClF3N3O2S. The third-order valence-electron chi connectivity index (χ3n) is 4.49. The molecule has 5 nitrogen and oxygen atoms in total. The van der Waals surface area contributed by atoms with Crippen molar-refractivity contribution >= 4 is 22.9 Å². The van der Waals surface area contributed by atoms with Crippen molar-refractivity contribution in [3.8, 4) is 39.1 Å². The molecule has 0 fully saturated rings. The zero-order valence-electron chi connectivity index (χ0n) is 16.3. The molecule has 0 aliphatic rings. The second kappa shape index (κ2) is 8.24. The van der Waals surface area contributed by atoms with Crippen molar-refractivity contribution in [1.82, 2.24) is 14.8 Å². The van der Waals surface area contributed by atoms with Gasteiger partial charge in [0.05, 0.1) is 25.6 Å². The van der Waals surface area contributed by atoms with Gasteiger partial charge in [0.2, 0.25) is 5.13 Å². The van der Waals surface area contributed by atoms with Crippen LogP contribution in [0.2, 0.25) is 5.02 Å². The maximum absolute atomic E-state index is 13.8. The summed E-state index contributed by atoms with van der Waals surface area (Å²) in [6.07, 6.45) is -4.62. The van der Waals surface area contributed by atoms with Crippen LogP contribution in [-0.4, -0.2) is 29.0 Å². The van der Waals surface area contributed by atoms with Crippen LogP contribution in [0.25, 0.3) is 27.6 Å². The van der Waals surface area contributed by atoms with Crippen LogP contribution in [-0.2, 0) is 6.18 Å². The predicted molar refractivity (Wildman–Crippen MR) is 113 cm³/mol. The topological polar surface area (TPSA) is 49.2 Å². The molecule has 0 radical (unpaired) electrons. The van der Waals surface area contributed by atoms with Gasteiger partial charge >= 0.3 is 6.18 Å². The number of rotatable bonds is 5. The van der Waals surface area contributed by atoms with Gasteiger partial charge in [-0.2, -0.15) is 18.3 Å². The molecule has 0 unspecified atom stereocenters. The molecule has 0 bridgehead atoms. The first-order valence-corrected chi connectivity index (χ1v) is 10.2. The highest BCUT2D eigenvalue weighted by Crippen LogP contribution is 2.37. The van der Waals surface area contributed by atoms with Crippen LogP contribution in [0, 0.1) is 0 Å². The minimum atomic E-state index is -4.62. The number of halogens is 4. The van der Waals surface area contributed by atoms with Crippen LogP contribution in [0.15, 0.2) is 53.9 Å². The van der Waals surface area contributed by atoms with E-state index in [-0.39, 0.29) is 10.8 Å². The van der Waals surface area contributed by atoms with Crippen LogP contribution in [0.1, 0.15) is 5.69 Å². The maximum Gasteiger partial charge on any atom is 0.433 e. The molecule has 0 aliphatic heterocycles. The SMILES string of the molecule is COc1ccc(-c2cc(C(F)(F)F)n(-c3nc(-c4ccc(Cl)cc4)cs3)n2)cc1OC. The number of aromatic nitrogens is 3. The molecule has 2 aromatic carbocycles. The lowest BCUT2D eigenvalue weighted by molar-refractivity contribution is -0.142. The molecule has 160 valence electrons. The summed E-state index contributed by atoms with van der Waals surface area (Å²) in [5.41, 5.74) is 0.947. The van der Waals surface area contributed by atoms with E-state index in [9.17, 15) is 13.2 Å². The summed E-state index contributed by atoms with van der Waals surface area (Å²) in [6, 6.07) is 12.7. The van der Waals surface area contributed by atoms with Crippen LogP contribution < -0.4 is 9.47 Å². The van der Waals surface area contributed by atoms with Crippen molar-refractivity contribution in [2.24, 2.45) is 0 Å². The molecule has 0 saturated carbocycles. The lowest BCUT2D eigenvalue weighted by Gasteiger charge is -2.08. The highest BCUT2D eigenvalue weighted by molar-refractivity contribution is 7.12. The Bertz CT molecular complexity index is 1220. The lowest BCUT2D eigenvalue weighted by atomic mass is 10.1. The summed E-state index contributed by atoms with van der Waals surface area (Å²) in [4.78, 5) is 4.35. The molecule has 0 atom stereocenters. The quantitative estimate of drug-likeness (QED) is 0.344. The number of methoxy groups -OCH3 is 2. The number of hydrogen-bond acceptors (Lipinski definition) is 5. The average molecular weight is 466 g/mol. The van der Waals surface area contributed by atoms with Crippen LogP contribution in [0.3, 0.4) is 0 Å². The van der Waals surface area contributed by atoms with E-state index >= 15 is 0 Å². The molecule has 10 heteroatoms. The molecule has 2 heterocycles. The highest BCUT2D eigenvalue weighted by Gasteiger charge is 2.37.